The van der Waals surface area contributed by atoms with E-state index in [9.17, 15) is 4.39 Å². The highest BCUT2D eigenvalue weighted by atomic mass is 35.5. The molecule has 1 aliphatic rings. The second-order valence-electron chi connectivity index (χ2n) is 8.19. The lowest BCUT2D eigenvalue weighted by atomic mass is 9.99. The van der Waals surface area contributed by atoms with Gasteiger partial charge in [-0.1, -0.05) is 66.2 Å². The van der Waals surface area contributed by atoms with Gasteiger partial charge in [-0.05, 0) is 60.2 Å². The summed E-state index contributed by atoms with van der Waals surface area (Å²) in [4.78, 5) is 5.04. The normalized spacial score (nSPS) is 17.9. The summed E-state index contributed by atoms with van der Waals surface area (Å²) in [6, 6.07) is 22.0. The first kappa shape index (κ1) is 21.0. The second kappa shape index (κ2) is 9.30. The van der Waals surface area contributed by atoms with Crippen molar-refractivity contribution >= 4 is 11.6 Å². The Bertz CT molecular complexity index is 1020. The molecule has 1 fully saturated rings. The van der Waals surface area contributed by atoms with Crippen LogP contribution >= 0.6 is 11.6 Å². The third-order valence-corrected chi connectivity index (χ3v) is 6.42. The maximum atomic E-state index is 13.6. The Balaban J connectivity index is 1.69. The zero-order valence-corrected chi connectivity index (χ0v) is 18.4. The van der Waals surface area contributed by atoms with Crippen molar-refractivity contribution in [2.24, 2.45) is 0 Å². The fourth-order valence-electron chi connectivity index (χ4n) is 4.43. The highest BCUT2D eigenvalue weighted by Gasteiger charge is 2.32. The van der Waals surface area contributed by atoms with Crippen molar-refractivity contribution in [2.75, 3.05) is 13.1 Å². The summed E-state index contributed by atoms with van der Waals surface area (Å²) in [7, 11) is 0. The van der Waals surface area contributed by atoms with Crippen LogP contribution in [0.4, 0.5) is 4.39 Å². The van der Waals surface area contributed by atoms with Crippen molar-refractivity contribution in [3.63, 3.8) is 0 Å². The minimum atomic E-state index is -0.293. The van der Waals surface area contributed by atoms with E-state index in [1.165, 1.54) is 34.4 Å². The summed E-state index contributed by atoms with van der Waals surface area (Å²) in [5.74, 6) is -0.293. The number of nitrogens with zero attached hydrogens (tertiary/aromatic N) is 2. The molecule has 4 heteroatoms. The zero-order chi connectivity index (χ0) is 21.1. The monoisotopic (exact) mass is 422 g/mol. The molecule has 0 unspecified atom stereocenters. The van der Waals surface area contributed by atoms with E-state index in [4.69, 9.17) is 11.6 Å². The van der Waals surface area contributed by atoms with E-state index in [1.54, 1.807) is 0 Å². The summed E-state index contributed by atoms with van der Waals surface area (Å²) in [6.45, 7) is 7.98. The van der Waals surface area contributed by atoms with Crippen LogP contribution in [-0.4, -0.2) is 22.9 Å². The molecule has 1 heterocycles. The number of rotatable bonds is 5. The molecule has 0 aliphatic carbocycles. The first-order valence-corrected chi connectivity index (χ1v) is 10.9. The van der Waals surface area contributed by atoms with Crippen LogP contribution in [0.25, 0.3) is 0 Å². The van der Waals surface area contributed by atoms with Crippen molar-refractivity contribution in [1.82, 2.24) is 9.80 Å². The standard InChI is InChI=1S/C26H28ClFN2/c1-19-8-3-5-10-21(19)17-29-14-7-15-30(18-22-12-13-23(28)16-25(22)27)26(29)24-11-6-4-9-20(24)2/h3-6,8-13,16,26H,7,14-15,17-18H2,1-2H3/t26-/m1/s1. The van der Waals surface area contributed by atoms with Crippen LogP contribution in [0.5, 0.6) is 0 Å². The first-order valence-electron chi connectivity index (χ1n) is 10.5. The highest BCUT2D eigenvalue weighted by Crippen LogP contribution is 2.35. The van der Waals surface area contributed by atoms with Gasteiger partial charge in [-0.15, -0.1) is 0 Å². The molecule has 1 atom stereocenters. The Morgan fingerprint density at radius 3 is 2.13 bits per heavy atom. The number of hydrogen-bond donors (Lipinski definition) is 0. The predicted molar refractivity (Wildman–Crippen MR) is 122 cm³/mol. The van der Waals surface area contributed by atoms with Crippen LogP contribution in [0.2, 0.25) is 5.02 Å². The van der Waals surface area contributed by atoms with Gasteiger partial charge in [0.25, 0.3) is 0 Å². The Labute approximate surface area is 183 Å². The maximum absolute atomic E-state index is 13.6. The van der Waals surface area contributed by atoms with Gasteiger partial charge in [0.1, 0.15) is 5.82 Å². The molecular weight excluding hydrogens is 395 g/mol. The van der Waals surface area contributed by atoms with Crippen molar-refractivity contribution in [3.8, 4) is 0 Å². The molecule has 1 aliphatic heterocycles. The molecular formula is C26H28ClFN2. The van der Waals surface area contributed by atoms with Gasteiger partial charge < -0.3 is 0 Å². The third-order valence-electron chi connectivity index (χ3n) is 6.07. The van der Waals surface area contributed by atoms with E-state index >= 15 is 0 Å². The van der Waals surface area contributed by atoms with Crippen molar-refractivity contribution < 1.29 is 4.39 Å². The molecule has 0 saturated carbocycles. The molecule has 0 spiro atoms. The van der Waals surface area contributed by atoms with Crippen molar-refractivity contribution in [2.45, 2.75) is 39.5 Å². The fourth-order valence-corrected chi connectivity index (χ4v) is 4.66. The average Bonchev–Trinajstić information content (AvgIpc) is 2.73. The van der Waals surface area contributed by atoms with Crippen LogP contribution in [0.1, 0.15) is 40.4 Å². The van der Waals surface area contributed by atoms with Gasteiger partial charge in [0, 0.05) is 31.2 Å². The van der Waals surface area contributed by atoms with Crippen LogP contribution in [-0.2, 0) is 13.1 Å². The van der Waals surface area contributed by atoms with E-state index in [2.05, 4.69) is 72.2 Å². The molecule has 2 nitrogen and oxygen atoms in total. The fraction of sp³-hybridized carbons (Fsp3) is 0.308. The summed E-state index contributed by atoms with van der Waals surface area (Å²) < 4.78 is 13.6. The van der Waals surface area contributed by atoms with E-state index in [1.807, 2.05) is 6.07 Å². The lowest BCUT2D eigenvalue weighted by molar-refractivity contribution is -0.00954. The molecule has 156 valence electrons. The zero-order valence-electron chi connectivity index (χ0n) is 17.6. The summed E-state index contributed by atoms with van der Waals surface area (Å²) in [5, 5.41) is 0.495. The molecule has 0 bridgehead atoms. The molecule has 30 heavy (non-hydrogen) atoms. The molecule has 3 aromatic carbocycles. The minimum absolute atomic E-state index is 0.153. The van der Waals surface area contributed by atoms with E-state index in [0.717, 1.165) is 31.6 Å². The molecule has 0 radical (unpaired) electrons. The third kappa shape index (κ3) is 4.59. The maximum Gasteiger partial charge on any atom is 0.124 e. The molecule has 4 rings (SSSR count). The lowest BCUT2D eigenvalue weighted by Crippen LogP contribution is -2.47. The Kier molecular flexibility index (Phi) is 6.52. The van der Waals surface area contributed by atoms with E-state index in [-0.39, 0.29) is 12.0 Å². The first-order chi connectivity index (χ1) is 14.5. The molecule has 0 N–H and O–H groups in total. The van der Waals surface area contributed by atoms with Crippen molar-refractivity contribution in [1.29, 1.82) is 0 Å². The van der Waals surface area contributed by atoms with E-state index < -0.39 is 0 Å². The van der Waals surface area contributed by atoms with Crippen LogP contribution in [0.15, 0.2) is 66.7 Å². The van der Waals surface area contributed by atoms with Crippen LogP contribution in [0.3, 0.4) is 0 Å². The van der Waals surface area contributed by atoms with Gasteiger partial charge in [-0.3, -0.25) is 9.80 Å². The van der Waals surface area contributed by atoms with E-state index in [0.29, 0.717) is 11.6 Å². The summed E-state index contributed by atoms with van der Waals surface area (Å²) in [6.07, 6.45) is 1.24. The number of aryl methyl sites for hydroxylation is 2. The van der Waals surface area contributed by atoms with Crippen molar-refractivity contribution in [3.05, 3.63) is 105 Å². The highest BCUT2D eigenvalue weighted by molar-refractivity contribution is 6.31. The number of benzene rings is 3. The topological polar surface area (TPSA) is 6.48 Å². The quantitative estimate of drug-likeness (QED) is 0.462. The Morgan fingerprint density at radius 1 is 0.833 bits per heavy atom. The number of hydrogen-bond acceptors (Lipinski definition) is 2. The average molecular weight is 423 g/mol. The Morgan fingerprint density at radius 2 is 1.47 bits per heavy atom. The number of halogens is 2. The molecule has 0 aromatic heterocycles. The molecule has 0 amide bonds. The van der Waals surface area contributed by atoms with Gasteiger partial charge in [-0.25, -0.2) is 4.39 Å². The van der Waals surface area contributed by atoms with Gasteiger partial charge in [-0.2, -0.15) is 0 Å². The lowest BCUT2D eigenvalue weighted by Gasteiger charge is -2.45. The van der Waals surface area contributed by atoms with Gasteiger partial charge in [0.05, 0.1) is 6.17 Å². The van der Waals surface area contributed by atoms with Gasteiger partial charge >= 0.3 is 0 Å². The smallest absolute Gasteiger partial charge is 0.124 e. The largest absolute Gasteiger partial charge is 0.280 e. The SMILES string of the molecule is Cc1ccccc1CN1CCCN(Cc2ccc(F)cc2Cl)[C@@H]1c1ccccc1C. The summed E-state index contributed by atoms with van der Waals surface area (Å²) >= 11 is 6.38. The minimum Gasteiger partial charge on any atom is -0.280 e. The van der Waals surface area contributed by atoms with Gasteiger partial charge in [0.15, 0.2) is 0 Å². The predicted octanol–water partition coefficient (Wildman–Crippen LogP) is 6.50. The van der Waals surface area contributed by atoms with Crippen LogP contribution in [0, 0.1) is 19.7 Å². The Hall–Kier alpha value is -2.20. The van der Waals surface area contributed by atoms with Crippen LogP contribution < -0.4 is 0 Å². The summed E-state index contributed by atoms with van der Waals surface area (Å²) in [5.41, 5.74) is 6.25. The molecule has 3 aromatic rings. The van der Waals surface area contributed by atoms with Gasteiger partial charge in [0.2, 0.25) is 0 Å². The molecule has 1 saturated heterocycles. The second-order valence-corrected chi connectivity index (χ2v) is 8.59.